The van der Waals surface area contributed by atoms with Gasteiger partial charge in [-0.05, 0) is 19.8 Å². The van der Waals surface area contributed by atoms with Crippen LogP contribution in [0.15, 0.2) is 40.9 Å². The van der Waals surface area contributed by atoms with E-state index < -0.39 is 5.91 Å². The third-order valence-corrected chi connectivity index (χ3v) is 3.79. The Bertz CT molecular complexity index is 914. The van der Waals surface area contributed by atoms with Crippen molar-refractivity contribution < 1.29 is 14.0 Å². The van der Waals surface area contributed by atoms with Crippen LogP contribution in [0, 0.1) is 0 Å². The molecule has 0 saturated carbocycles. The summed E-state index contributed by atoms with van der Waals surface area (Å²) in [5.41, 5.74) is 6.60. The van der Waals surface area contributed by atoms with Gasteiger partial charge in [-0.3, -0.25) is 4.79 Å². The standard InChI is InChI=1S/C18H19N5O3/c1-12(24)7-5-6-10-23-20-11-14(22-23)18-21-15(17(19)25)16(26-18)13-8-3-2-4-9-13/h2-4,8-9,11H,5-7,10H2,1H3,(H2,19,25). The molecule has 2 heterocycles. The van der Waals surface area contributed by atoms with E-state index in [-0.39, 0.29) is 17.4 Å². The monoisotopic (exact) mass is 353 g/mol. The van der Waals surface area contributed by atoms with Gasteiger partial charge >= 0.3 is 0 Å². The molecule has 134 valence electrons. The van der Waals surface area contributed by atoms with Gasteiger partial charge in [0, 0.05) is 12.0 Å². The van der Waals surface area contributed by atoms with E-state index in [1.807, 2.05) is 30.3 Å². The molecule has 0 spiro atoms. The molecule has 0 aliphatic rings. The van der Waals surface area contributed by atoms with Crippen LogP contribution in [0.2, 0.25) is 0 Å². The van der Waals surface area contributed by atoms with E-state index in [9.17, 15) is 9.59 Å². The second kappa shape index (κ2) is 7.73. The molecular formula is C18H19N5O3. The average Bonchev–Trinajstić information content (AvgIpc) is 3.26. The number of benzene rings is 1. The molecule has 0 aliphatic heterocycles. The van der Waals surface area contributed by atoms with Crippen molar-refractivity contribution >= 4 is 11.7 Å². The van der Waals surface area contributed by atoms with Crippen LogP contribution in [0.25, 0.3) is 22.9 Å². The zero-order valence-corrected chi connectivity index (χ0v) is 14.4. The minimum absolute atomic E-state index is 0.0576. The molecule has 8 heteroatoms. The number of aromatic nitrogens is 4. The molecule has 0 aliphatic carbocycles. The lowest BCUT2D eigenvalue weighted by molar-refractivity contribution is -0.117. The molecule has 3 aromatic rings. The van der Waals surface area contributed by atoms with E-state index in [4.69, 9.17) is 10.2 Å². The number of hydrogen-bond donors (Lipinski definition) is 1. The molecule has 2 N–H and O–H groups in total. The number of Topliss-reactive ketones (excluding diaryl/α,β-unsaturated/α-hetero) is 1. The van der Waals surface area contributed by atoms with Crippen molar-refractivity contribution in [1.82, 2.24) is 20.0 Å². The van der Waals surface area contributed by atoms with E-state index in [0.717, 1.165) is 12.8 Å². The highest BCUT2D eigenvalue weighted by Crippen LogP contribution is 2.28. The molecule has 0 fully saturated rings. The SMILES string of the molecule is CC(=O)CCCCn1ncc(-c2nc(C(N)=O)c(-c3ccccc3)o2)n1. The van der Waals surface area contributed by atoms with Crippen molar-refractivity contribution in [3.8, 4) is 22.9 Å². The quantitative estimate of drug-likeness (QED) is 0.622. The number of nitrogens with zero attached hydrogens (tertiary/aromatic N) is 4. The molecule has 2 aromatic heterocycles. The first kappa shape index (κ1) is 17.5. The zero-order chi connectivity index (χ0) is 18.5. The number of amides is 1. The third kappa shape index (κ3) is 4.02. The summed E-state index contributed by atoms with van der Waals surface area (Å²) in [5, 5.41) is 8.49. The first-order valence-electron chi connectivity index (χ1n) is 8.30. The maximum atomic E-state index is 11.7. The largest absolute Gasteiger partial charge is 0.434 e. The highest BCUT2D eigenvalue weighted by Gasteiger charge is 2.21. The normalized spacial score (nSPS) is 10.8. The molecule has 0 unspecified atom stereocenters. The highest BCUT2D eigenvalue weighted by atomic mass is 16.4. The number of nitrogens with two attached hydrogens (primary N) is 1. The fourth-order valence-corrected chi connectivity index (χ4v) is 2.51. The molecule has 0 bridgehead atoms. The zero-order valence-electron chi connectivity index (χ0n) is 14.4. The van der Waals surface area contributed by atoms with Gasteiger partial charge < -0.3 is 14.9 Å². The molecule has 8 nitrogen and oxygen atoms in total. The van der Waals surface area contributed by atoms with Crippen molar-refractivity contribution in [3.63, 3.8) is 0 Å². The number of rotatable bonds is 8. The summed E-state index contributed by atoms with van der Waals surface area (Å²) in [5.74, 6) is -0.00135. The number of carbonyl (C=O) groups excluding carboxylic acids is 2. The summed E-state index contributed by atoms with van der Waals surface area (Å²) in [4.78, 5) is 28.4. The van der Waals surface area contributed by atoms with E-state index >= 15 is 0 Å². The fourth-order valence-electron chi connectivity index (χ4n) is 2.51. The Kier molecular flexibility index (Phi) is 5.21. The molecule has 3 rings (SSSR count). The lowest BCUT2D eigenvalue weighted by atomic mass is 10.1. The van der Waals surface area contributed by atoms with Crippen LogP contribution in [0.5, 0.6) is 0 Å². The Hall–Kier alpha value is -3.29. The number of aryl methyl sites for hydroxylation is 1. The van der Waals surface area contributed by atoms with Gasteiger partial charge in [0.25, 0.3) is 5.91 Å². The first-order chi connectivity index (χ1) is 12.5. The Morgan fingerprint density at radius 2 is 1.96 bits per heavy atom. The lowest BCUT2D eigenvalue weighted by Crippen LogP contribution is -2.12. The minimum Gasteiger partial charge on any atom is -0.434 e. The summed E-state index contributed by atoms with van der Waals surface area (Å²) in [7, 11) is 0. The van der Waals surface area contributed by atoms with Crippen molar-refractivity contribution in [2.75, 3.05) is 0 Å². The van der Waals surface area contributed by atoms with Crippen LogP contribution in [-0.2, 0) is 11.3 Å². The smallest absolute Gasteiger partial charge is 0.271 e. The number of hydrogen-bond acceptors (Lipinski definition) is 6. The summed E-state index contributed by atoms with van der Waals surface area (Å²) in [6.45, 7) is 2.16. The van der Waals surface area contributed by atoms with Gasteiger partial charge in [0.15, 0.2) is 17.1 Å². The Balaban J connectivity index is 1.80. The number of unbranched alkanes of at least 4 members (excludes halogenated alkanes) is 1. The Labute approximate surface area is 150 Å². The van der Waals surface area contributed by atoms with Crippen LogP contribution in [0.4, 0.5) is 0 Å². The van der Waals surface area contributed by atoms with Crippen LogP contribution < -0.4 is 5.73 Å². The predicted octanol–water partition coefficient (Wildman–Crippen LogP) is 2.46. The maximum absolute atomic E-state index is 11.7. The van der Waals surface area contributed by atoms with E-state index in [1.54, 1.807) is 6.92 Å². The molecule has 0 radical (unpaired) electrons. The van der Waals surface area contributed by atoms with Crippen LogP contribution in [0.1, 0.15) is 36.7 Å². The first-order valence-corrected chi connectivity index (χ1v) is 8.30. The summed E-state index contributed by atoms with van der Waals surface area (Å²) in [6, 6.07) is 9.15. The molecule has 26 heavy (non-hydrogen) atoms. The van der Waals surface area contributed by atoms with Gasteiger partial charge in [0.05, 0.1) is 12.7 Å². The lowest BCUT2D eigenvalue weighted by Gasteiger charge is -1.98. The fraction of sp³-hybridized carbons (Fsp3) is 0.278. The van der Waals surface area contributed by atoms with E-state index in [1.165, 1.54) is 11.0 Å². The van der Waals surface area contributed by atoms with Crippen LogP contribution in [-0.4, -0.2) is 31.7 Å². The highest BCUT2D eigenvalue weighted by molar-refractivity contribution is 5.97. The molecule has 1 aromatic carbocycles. The predicted molar refractivity (Wildman–Crippen MR) is 94.0 cm³/mol. The van der Waals surface area contributed by atoms with Crippen molar-refractivity contribution in [1.29, 1.82) is 0 Å². The van der Waals surface area contributed by atoms with Gasteiger partial charge in [-0.15, -0.1) is 5.10 Å². The molecule has 0 saturated heterocycles. The summed E-state index contributed by atoms with van der Waals surface area (Å²) >= 11 is 0. The van der Waals surface area contributed by atoms with Crippen LogP contribution >= 0.6 is 0 Å². The topological polar surface area (TPSA) is 117 Å². The molecule has 1 amide bonds. The molecular weight excluding hydrogens is 334 g/mol. The number of primary amides is 1. The Morgan fingerprint density at radius 1 is 1.19 bits per heavy atom. The van der Waals surface area contributed by atoms with E-state index in [0.29, 0.717) is 30.0 Å². The molecule has 0 atom stereocenters. The summed E-state index contributed by atoms with van der Waals surface area (Å²) in [6.07, 6.45) is 3.66. The van der Waals surface area contributed by atoms with Crippen molar-refractivity contribution in [2.45, 2.75) is 32.7 Å². The number of oxazole rings is 1. The van der Waals surface area contributed by atoms with Gasteiger partial charge in [-0.25, -0.2) is 4.98 Å². The minimum atomic E-state index is -0.671. The Morgan fingerprint density at radius 3 is 2.65 bits per heavy atom. The van der Waals surface area contributed by atoms with Crippen molar-refractivity contribution in [3.05, 3.63) is 42.2 Å². The van der Waals surface area contributed by atoms with Gasteiger partial charge in [-0.1, -0.05) is 30.3 Å². The van der Waals surface area contributed by atoms with Gasteiger partial charge in [0.2, 0.25) is 5.89 Å². The summed E-state index contributed by atoms with van der Waals surface area (Å²) < 4.78 is 5.75. The second-order valence-corrected chi connectivity index (χ2v) is 5.91. The third-order valence-electron chi connectivity index (χ3n) is 3.79. The average molecular weight is 353 g/mol. The maximum Gasteiger partial charge on any atom is 0.271 e. The van der Waals surface area contributed by atoms with Gasteiger partial charge in [0.1, 0.15) is 5.78 Å². The second-order valence-electron chi connectivity index (χ2n) is 5.91. The van der Waals surface area contributed by atoms with Crippen molar-refractivity contribution in [2.24, 2.45) is 5.73 Å². The van der Waals surface area contributed by atoms with E-state index in [2.05, 4.69) is 15.2 Å². The van der Waals surface area contributed by atoms with Gasteiger partial charge in [-0.2, -0.15) is 9.90 Å². The number of carbonyl (C=O) groups is 2. The van der Waals surface area contributed by atoms with Crippen LogP contribution in [0.3, 0.4) is 0 Å². The number of ketones is 1.